The van der Waals surface area contributed by atoms with Crippen molar-refractivity contribution in [2.45, 2.75) is 26.2 Å². The molecule has 0 saturated carbocycles. The smallest absolute Gasteiger partial charge is 0.142 e. The topological polar surface area (TPSA) is 16.1 Å². The van der Waals surface area contributed by atoms with Crippen LogP contribution in [0.1, 0.15) is 26.2 Å². The van der Waals surface area contributed by atoms with Crippen molar-refractivity contribution in [2.24, 2.45) is 5.92 Å². The van der Waals surface area contributed by atoms with Crippen molar-refractivity contribution in [3.8, 4) is 0 Å². The number of aromatic nitrogens is 1. The molecule has 1 saturated heterocycles. The predicted octanol–water partition coefficient (Wildman–Crippen LogP) is 3.47. The van der Waals surface area contributed by atoms with Gasteiger partial charge < -0.3 is 4.90 Å². The minimum Gasteiger partial charge on any atom is -0.356 e. The fraction of sp³-hybridized carbons (Fsp3) is 0.583. The normalized spacial score (nSPS) is 18.1. The van der Waals surface area contributed by atoms with E-state index in [9.17, 15) is 0 Å². The third-order valence-electron chi connectivity index (χ3n) is 3.23. The molecule has 0 unspecified atom stereocenters. The van der Waals surface area contributed by atoms with Gasteiger partial charge in [-0.2, -0.15) is 0 Å². The first-order valence-electron chi connectivity index (χ1n) is 5.66. The monoisotopic (exact) mass is 268 g/mol. The average molecular weight is 269 g/mol. The summed E-state index contributed by atoms with van der Waals surface area (Å²) in [5.74, 6) is 2.02. The molecule has 0 amide bonds. The summed E-state index contributed by atoms with van der Waals surface area (Å²) in [7, 11) is 0. The SMILES string of the molecule is CCC1CCN(c2ncccc2Br)CC1. The zero-order chi connectivity index (χ0) is 10.7. The Hall–Kier alpha value is -0.570. The molecule has 0 aliphatic carbocycles. The molecule has 2 nitrogen and oxygen atoms in total. The molecular weight excluding hydrogens is 252 g/mol. The maximum absolute atomic E-state index is 4.43. The summed E-state index contributed by atoms with van der Waals surface area (Å²) in [5, 5.41) is 0. The van der Waals surface area contributed by atoms with Crippen LogP contribution in [0.3, 0.4) is 0 Å². The molecule has 0 N–H and O–H groups in total. The predicted molar refractivity (Wildman–Crippen MR) is 67.2 cm³/mol. The Morgan fingerprint density at radius 1 is 1.47 bits per heavy atom. The van der Waals surface area contributed by atoms with E-state index in [1.54, 1.807) is 0 Å². The number of anilines is 1. The number of rotatable bonds is 2. The Labute approximate surface area is 99.8 Å². The molecule has 2 heterocycles. The number of nitrogens with zero attached hydrogens (tertiary/aromatic N) is 2. The molecule has 0 spiro atoms. The average Bonchev–Trinajstić information content (AvgIpc) is 2.30. The lowest BCUT2D eigenvalue weighted by molar-refractivity contribution is 0.393. The van der Waals surface area contributed by atoms with Gasteiger partial charge in [0.25, 0.3) is 0 Å². The lowest BCUT2D eigenvalue weighted by Gasteiger charge is -2.32. The van der Waals surface area contributed by atoms with Gasteiger partial charge in [-0.1, -0.05) is 13.3 Å². The first-order valence-corrected chi connectivity index (χ1v) is 6.46. The van der Waals surface area contributed by atoms with E-state index in [1.165, 1.54) is 19.3 Å². The first kappa shape index (κ1) is 10.9. The van der Waals surface area contributed by atoms with Gasteiger partial charge in [-0.3, -0.25) is 0 Å². The molecule has 15 heavy (non-hydrogen) atoms. The molecule has 0 aromatic carbocycles. The zero-order valence-electron chi connectivity index (χ0n) is 9.12. The highest BCUT2D eigenvalue weighted by molar-refractivity contribution is 9.10. The molecule has 0 atom stereocenters. The second-order valence-corrected chi connectivity index (χ2v) is 5.00. The molecule has 1 aromatic rings. The van der Waals surface area contributed by atoms with Crippen LogP contribution in [0.15, 0.2) is 22.8 Å². The van der Waals surface area contributed by atoms with E-state index in [4.69, 9.17) is 0 Å². The van der Waals surface area contributed by atoms with E-state index in [1.807, 2.05) is 12.3 Å². The summed E-state index contributed by atoms with van der Waals surface area (Å²) in [6.07, 6.45) is 5.79. The third-order valence-corrected chi connectivity index (χ3v) is 3.85. The van der Waals surface area contributed by atoms with Crippen LogP contribution in [0, 0.1) is 5.92 Å². The minimum atomic E-state index is 0.920. The Morgan fingerprint density at radius 3 is 2.80 bits per heavy atom. The molecule has 0 radical (unpaired) electrons. The van der Waals surface area contributed by atoms with Gasteiger partial charge in [-0.15, -0.1) is 0 Å². The summed E-state index contributed by atoms with van der Waals surface area (Å²) < 4.78 is 1.11. The second kappa shape index (κ2) is 4.97. The van der Waals surface area contributed by atoms with Crippen LogP contribution in [0.2, 0.25) is 0 Å². The maximum Gasteiger partial charge on any atom is 0.142 e. The molecule has 82 valence electrons. The highest BCUT2D eigenvalue weighted by Gasteiger charge is 2.19. The summed E-state index contributed by atoms with van der Waals surface area (Å²) in [6.45, 7) is 4.58. The van der Waals surface area contributed by atoms with Gasteiger partial charge in [0, 0.05) is 19.3 Å². The summed E-state index contributed by atoms with van der Waals surface area (Å²) >= 11 is 3.56. The van der Waals surface area contributed by atoms with Crippen molar-refractivity contribution in [1.29, 1.82) is 0 Å². The lowest BCUT2D eigenvalue weighted by Crippen LogP contribution is -2.34. The van der Waals surface area contributed by atoms with Gasteiger partial charge in [0.1, 0.15) is 5.82 Å². The molecule has 0 bridgehead atoms. The highest BCUT2D eigenvalue weighted by atomic mass is 79.9. The number of piperidine rings is 1. The van der Waals surface area contributed by atoms with Gasteiger partial charge in [-0.05, 0) is 46.8 Å². The molecule has 1 aliphatic rings. The Bertz CT molecular complexity index is 319. The van der Waals surface area contributed by atoms with Gasteiger partial charge in [-0.25, -0.2) is 4.98 Å². The van der Waals surface area contributed by atoms with Gasteiger partial charge in [0.2, 0.25) is 0 Å². The largest absolute Gasteiger partial charge is 0.356 e. The number of halogens is 1. The maximum atomic E-state index is 4.43. The van der Waals surface area contributed by atoms with Crippen molar-refractivity contribution in [1.82, 2.24) is 4.98 Å². The van der Waals surface area contributed by atoms with Crippen LogP contribution in [0.25, 0.3) is 0 Å². The Kier molecular flexibility index (Phi) is 3.62. The van der Waals surface area contributed by atoms with E-state index in [2.05, 4.69) is 38.8 Å². The lowest BCUT2D eigenvalue weighted by atomic mass is 9.94. The summed E-state index contributed by atoms with van der Waals surface area (Å²) in [6, 6.07) is 4.03. The fourth-order valence-corrected chi connectivity index (χ4v) is 2.67. The van der Waals surface area contributed by atoms with E-state index >= 15 is 0 Å². The van der Waals surface area contributed by atoms with Crippen LogP contribution < -0.4 is 4.90 Å². The van der Waals surface area contributed by atoms with Gasteiger partial charge >= 0.3 is 0 Å². The van der Waals surface area contributed by atoms with Crippen molar-refractivity contribution >= 4 is 21.7 Å². The fourth-order valence-electron chi connectivity index (χ4n) is 2.16. The molecule has 1 aromatic heterocycles. The quantitative estimate of drug-likeness (QED) is 0.817. The van der Waals surface area contributed by atoms with Gasteiger partial charge in [0.15, 0.2) is 0 Å². The Balaban J connectivity index is 2.04. The highest BCUT2D eigenvalue weighted by Crippen LogP contribution is 2.28. The van der Waals surface area contributed by atoms with E-state index in [0.717, 1.165) is 29.3 Å². The summed E-state index contributed by atoms with van der Waals surface area (Å²) in [5.41, 5.74) is 0. The van der Waals surface area contributed by atoms with Crippen LogP contribution in [-0.4, -0.2) is 18.1 Å². The van der Waals surface area contributed by atoms with E-state index in [-0.39, 0.29) is 0 Å². The van der Waals surface area contributed by atoms with Crippen LogP contribution in [-0.2, 0) is 0 Å². The van der Waals surface area contributed by atoms with Crippen LogP contribution >= 0.6 is 15.9 Å². The molecule has 1 aliphatic heterocycles. The third kappa shape index (κ3) is 2.51. The summed E-state index contributed by atoms with van der Waals surface area (Å²) in [4.78, 5) is 6.82. The molecule has 1 fully saturated rings. The first-order chi connectivity index (χ1) is 7.31. The number of hydrogen-bond acceptors (Lipinski definition) is 2. The second-order valence-electron chi connectivity index (χ2n) is 4.15. The molecule has 2 rings (SSSR count). The van der Waals surface area contributed by atoms with Gasteiger partial charge in [0.05, 0.1) is 4.47 Å². The van der Waals surface area contributed by atoms with E-state index < -0.39 is 0 Å². The Morgan fingerprint density at radius 2 is 2.20 bits per heavy atom. The molecular formula is C12H17BrN2. The van der Waals surface area contributed by atoms with E-state index in [0.29, 0.717) is 0 Å². The van der Waals surface area contributed by atoms with Crippen LogP contribution in [0.4, 0.5) is 5.82 Å². The standard InChI is InChI=1S/C12H17BrN2/c1-2-10-5-8-15(9-6-10)12-11(13)4-3-7-14-12/h3-4,7,10H,2,5-6,8-9H2,1H3. The van der Waals surface area contributed by atoms with Crippen molar-refractivity contribution in [3.63, 3.8) is 0 Å². The number of pyridine rings is 1. The zero-order valence-corrected chi connectivity index (χ0v) is 10.7. The van der Waals surface area contributed by atoms with Crippen molar-refractivity contribution < 1.29 is 0 Å². The van der Waals surface area contributed by atoms with Crippen molar-refractivity contribution in [2.75, 3.05) is 18.0 Å². The minimum absolute atomic E-state index is 0.920. The number of hydrogen-bond donors (Lipinski definition) is 0. The van der Waals surface area contributed by atoms with Crippen LogP contribution in [0.5, 0.6) is 0 Å². The van der Waals surface area contributed by atoms with Crippen molar-refractivity contribution in [3.05, 3.63) is 22.8 Å². The molecule has 3 heteroatoms.